The van der Waals surface area contributed by atoms with Crippen molar-refractivity contribution >= 4 is 5.84 Å². The van der Waals surface area contributed by atoms with Crippen LogP contribution in [-0.4, -0.2) is 57.7 Å². The van der Waals surface area contributed by atoms with E-state index >= 15 is 0 Å². The lowest BCUT2D eigenvalue weighted by Gasteiger charge is -2.59. The first-order valence-corrected chi connectivity index (χ1v) is 9.28. The second-order valence-electron chi connectivity index (χ2n) is 8.60. The lowest BCUT2D eigenvalue weighted by atomic mass is 9.52. The number of aliphatic hydroxyl groups is 1. The largest absolute Gasteiger partial charge is 0.390 e. The van der Waals surface area contributed by atoms with Gasteiger partial charge >= 0.3 is 0 Å². The van der Waals surface area contributed by atoms with Crippen molar-refractivity contribution in [2.24, 2.45) is 17.8 Å². The fourth-order valence-corrected chi connectivity index (χ4v) is 6.13. The fraction of sp³-hybridized carbons (Fsp3) is 0.889. The zero-order valence-corrected chi connectivity index (χ0v) is 14.3. The van der Waals surface area contributed by atoms with Crippen LogP contribution >= 0.6 is 0 Å². The van der Waals surface area contributed by atoms with Crippen LogP contribution in [0.15, 0.2) is 0 Å². The molecule has 0 aromatic rings. The first kappa shape index (κ1) is 16.3. The van der Waals surface area contributed by atoms with Crippen molar-refractivity contribution in [1.82, 2.24) is 9.80 Å². The number of rotatable bonds is 3. The lowest BCUT2D eigenvalue weighted by Crippen LogP contribution is -2.63. The summed E-state index contributed by atoms with van der Waals surface area (Å²) in [5.41, 5.74) is -0.529. The molecule has 5 nitrogen and oxygen atoms in total. The molecule has 4 saturated carbocycles. The summed E-state index contributed by atoms with van der Waals surface area (Å²) < 4.78 is 13.5. The quantitative estimate of drug-likeness (QED) is 0.359. The molecule has 5 fully saturated rings. The molecule has 24 heavy (non-hydrogen) atoms. The molecule has 2 N–H and O–H groups in total. The summed E-state index contributed by atoms with van der Waals surface area (Å²) in [4.78, 5) is 3.58. The van der Waals surface area contributed by atoms with E-state index in [2.05, 4.69) is 6.19 Å². The van der Waals surface area contributed by atoms with Crippen molar-refractivity contribution in [1.29, 1.82) is 10.7 Å². The van der Waals surface area contributed by atoms with Gasteiger partial charge in [-0.2, -0.15) is 5.26 Å². The van der Waals surface area contributed by atoms with Crippen molar-refractivity contribution < 1.29 is 9.50 Å². The van der Waals surface area contributed by atoms with Gasteiger partial charge in [0.1, 0.15) is 12.0 Å². The summed E-state index contributed by atoms with van der Waals surface area (Å²) in [5.74, 6) is 1.50. The molecule has 5 aliphatic rings. The standard InChI is InChI=1S/C18H27FN4O/c1-11(22-3-2-15(19)9-22)17(21)23(10-20)16-13-4-12-5-14(16)8-18(24,6-12)7-13/h11-16,21,24H,2-9H2,1H3. The summed E-state index contributed by atoms with van der Waals surface area (Å²) >= 11 is 0. The summed E-state index contributed by atoms with van der Waals surface area (Å²) in [7, 11) is 0. The third kappa shape index (κ3) is 2.53. The number of amidine groups is 1. The van der Waals surface area contributed by atoms with Crippen LogP contribution in [0.1, 0.15) is 45.4 Å². The van der Waals surface area contributed by atoms with Gasteiger partial charge in [-0.1, -0.05) is 0 Å². The van der Waals surface area contributed by atoms with Crippen LogP contribution < -0.4 is 0 Å². The number of halogens is 1. The normalized spacial score (nSPS) is 45.2. The highest BCUT2D eigenvalue weighted by Crippen LogP contribution is 2.57. The third-order valence-corrected chi connectivity index (χ3v) is 6.96. The molecule has 0 radical (unpaired) electrons. The minimum Gasteiger partial charge on any atom is -0.390 e. The Labute approximate surface area is 142 Å². The van der Waals surface area contributed by atoms with Crippen LogP contribution in [-0.2, 0) is 0 Å². The predicted octanol–water partition coefficient (Wildman–Crippen LogP) is 2.12. The Kier molecular flexibility index (Phi) is 3.85. The Bertz CT molecular complexity index is 560. The minimum atomic E-state index is -0.814. The summed E-state index contributed by atoms with van der Waals surface area (Å²) in [6, 6.07) is -0.184. The van der Waals surface area contributed by atoms with Crippen molar-refractivity contribution in [2.45, 2.75) is 69.3 Å². The third-order valence-electron chi connectivity index (χ3n) is 6.96. The zero-order chi connectivity index (χ0) is 17.1. The molecular formula is C18H27FN4O. The van der Waals surface area contributed by atoms with E-state index in [4.69, 9.17) is 5.41 Å². The number of hydrogen-bond donors (Lipinski definition) is 2. The van der Waals surface area contributed by atoms with E-state index in [1.165, 1.54) is 0 Å². The van der Waals surface area contributed by atoms with E-state index in [0.29, 0.717) is 43.1 Å². The number of likely N-dealkylation sites (tertiary alicyclic amines) is 1. The van der Waals surface area contributed by atoms with Crippen molar-refractivity contribution in [3.8, 4) is 6.19 Å². The molecule has 132 valence electrons. The molecule has 4 aliphatic carbocycles. The minimum absolute atomic E-state index is 0.0468. The van der Waals surface area contributed by atoms with E-state index in [-0.39, 0.29) is 12.1 Å². The van der Waals surface area contributed by atoms with Gasteiger partial charge in [0.2, 0.25) is 0 Å². The monoisotopic (exact) mass is 334 g/mol. The van der Waals surface area contributed by atoms with Crippen LogP contribution in [0.4, 0.5) is 4.39 Å². The topological polar surface area (TPSA) is 74.3 Å². The number of nitrogens with one attached hydrogen (secondary N) is 1. The van der Waals surface area contributed by atoms with Crippen molar-refractivity contribution in [3.05, 3.63) is 0 Å². The Morgan fingerprint density at radius 1 is 1.38 bits per heavy atom. The molecule has 5 rings (SSSR count). The number of nitriles is 1. The maximum Gasteiger partial charge on any atom is 0.185 e. The van der Waals surface area contributed by atoms with Gasteiger partial charge < -0.3 is 5.11 Å². The van der Waals surface area contributed by atoms with Gasteiger partial charge in [0.25, 0.3) is 0 Å². The maximum absolute atomic E-state index is 13.5. The first-order valence-electron chi connectivity index (χ1n) is 9.28. The summed E-state index contributed by atoms with van der Waals surface area (Å²) in [5, 5.41) is 29.1. The fourth-order valence-electron chi connectivity index (χ4n) is 6.13. The Hall–Kier alpha value is -1.19. The SMILES string of the molecule is CC(C(=N)N(C#N)C1C2CC3CC1CC(O)(C3)C2)N1CCC(F)C1. The average molecular weight is 334 g/mol. The second-order valence-corrected chi connectivity index (χ2v) is 8.60. The van der Waals surface area contributed by atoms with Gasteiger partial charge in [-0.15, -0.1) is 0 Å². The smallest absolute Gasteiger partial charge is 0.185 e. The molecule has 0 aromatic heterocycles. The van der Waals surface area contributed by atoms with Gasteiger partial charge in [-0.3, -0.25) is 15.2 Å². The molecule has 6 heteroatoms. The molecule has 4 atom stereocenters. The number of hydrogen-bond acceptors (Lipinski definition) is 4. The van der Waals surface area contributed by atoms with E-state index in [9.17, 15) is 14.8 Å². The van der Waals surface area contributed by atoms with Gasteiger partial charge in [0.05, 0.1) is 17.7 Å². The predicted molar refractivity (Wildman–Crippen MR) is 88.0 cm³/mol. The molecule has 1 saturated heterocycles. The highest BCUT2D eigenvalue weighted by atomic mass is 19.1. The lowest BCUT2D eigenvalue weighted by molar-refractivity contribution is -0.147. The second kappa shape index (κ2) is 5.67. The van der Waals surface area contributed by atoms with E-state index in [1.807, 2.05) is 11.8 Å². The van der Waals surface area contributed by atoms with E-state index in [0.717, 1.165) is 32.1 Å². The van der Waals surface area contributed by atoms with Crippen LogP contribution in [0.5, 0.6) is 0 Å². The van der Waals surface area contributed by atoms with E-state index in [1.54, 1.807) is 4.90 Å². The first-order chi connectivity index (χ1) is 11.4. The molecule has 4 bridgehead atoms. The average Bonchev–Trinajstić information content (AvgIpc) is 2.94. The van der Waals surface area contributed by atoms with Gasteiger partial charge in [0, 0.05) is 13.1 Å². The maximum atomic E-state index is 13.5. The molecule has 0 aromatic carbocycles. The summed E-state index contributed by atoms with van der Waals surface area (Å²) in [6.45, 7) is 2.93. The van der Waals surface area contributed by atoms with Gasteiger partial charge in [-0.05, 0) is 63.2 Å². The van der Waals surface area contributed by atoms with Gasteiger partial charge in [0.15, 0.2) is 6.19 Å². The highest BCUT2D eigenvalue weighted by Gasteiger charge is 2.57. The zero-order valence-electron chi connectivity index (χ0n) is 14.3. The summed E-state index contributed by atoms with van der Waals surface area (Å²) in [6.07, 6.45) is 6.56. The molecule has 0 amide bonds. The van der Waals surface area contributed by atoms with Crippen LogP contribution in [0.2, 0.25) is 0 Å². The highest BCUT2D eigenvalue weighted by molar-refractivity contribution is 5.86. The molecule has 1 heterocycles. The van der Waals surface area contributed by atoms with Crippen LogP contribution in [0.3, 0.4) is 0 Å². The number of alkyl halides is 1. The molecule has 4 unspecified atom stereocenters. The van der Waals surface area contributed by atoms with Crippen LogP contribution in [0.25, 0.3) is 0 Å². The molecule has 0 spiro atoms. The van der Waals surface area contributed by atoms with E-state index < -0.39 is 11.8 Å². The number of nitrogens with zero attached hydrogens (tertiary/aromatic N) is 3. The van der Waals surface area contributed by atoms with Gasteiger partial charge in [-0.25, -0.2) is 4.39 Å². The van der Waals surface area contributed by atoms with Crippen molar-refractivity contribution in [3.63, 3.8) is 0 Å². The Morgan fingerprint density at radius 2 is 2.04 bits per heavy atom. The molecule has 1 aliphatic heterocycles. The molecular weight excluding hydrogens is 307 g/mol. The Balaban J connectivity index is 1.52. The van der Waals surface area contributed by atoms with Crippen molar-refractivity contribution in [2.75, 3.05) is 13.1 Å². The Morgan fingerprint density at radius 3 is 2.54 bits per heavy atom. The van der Waals surface area contributed by atoms with Crippen LogP contribution in [0, 0.1) is 34.6 Å².